The van der Waals surface area contributed by atoms with Crippen molar-refractivity contribution >= 4 is 18.3 Å². The Bertz CT molecular complexity index is 600. The summed E-state index contributed by atoms with van der Waals surface area (Å²) < 4.78 is 0. The highest BCUT2D eigenvalue weighted by Crippen LogP contribution is 2.36. The largest absolute Gasteiger partial charge is 0.367 e. The molecule has 3 nitrogen and oxygen atoms in total. The summed E-state index contributed by atoms with van der Waals surface area (Å²) >= 11 is 0. The van der Waals surface area contributed by atoms with Crippen LogP contribution in [0.5, 0.6) is 0 Å². The van der Waals surface area contributed by atoms with Crippen LogP contribution in [0.3, 0.4) is 0 Å². The van der Waals surface area contributed by atoms with Crippen molar-refractivity contribution in [3.63, 3.8) is 0 Å². The molecule has 0 fully saturated rings. The Balaban J connectivity index is 0.00000133. The second-order valence-corrected chi connectivity index (χ2v) is 4.49. The lowest BCUT2D eigenvalue weighted by molar-refractivity contribution is -0.122. The Labute approximate surface area is 118 Å². The molecule has 0 spiro atoms. The second-order valence-electron chi connectivity index (χ2n) is 4.49. The molecule has 98 valence electrons. The van der Waals surface area contributed by atoms with Crippen LogP contribution in [0.25, 0.3) is 0 Å². The SMILES string of the molecule is Cl.NC(=O)C1(c2ccccc2)NCc2ccccc21. The molecule has 19 heavy (non-hydrogen) atoms. The molecule has 2 aromatic rings. The van der Waals surface area contributed by atoms with Crippen LogP contribution in [0.2, 0.25) is 0 Å². The van der Waals surface area contributed by atoms with Gasteiger partial charge in [-0.1, -0.05) is 54.6 Å². The molecule has 1 aliphatic heterocycles. The fraction of sp³-hybridized carbons (Fsp3) is 0.133. The summed E-state index contributed by atoms with van der Waals surface area (Å²) in [6, 6.07) is 17.5. The van der Waals surface area contributed by atoms with Crippen molar-refractivity contribution in [1.29, 1.82) is 0 Å². The third-order valence-corrected chi connectivity index (χ3v) is 3.54. The molecule has 0 radical (unpaired) electrons. The van der Waals surface area contributed by atoms with Crippen LogP contribution in [0, 0.1) is 0 Å². The van der Waals surface area contributed by atoms with E-state index in [1.54, 1.807) is 0 Å². The van der Waals surface area contributed by atoms with Crippen LogP contribution in [0.15, 0.2) is 54.6 Å². The van der Waals surface area contributed by atoms with Gasteiger partial charge in [-0.3, -0.25) is 10.1 Å². The van der Waals surface area contributed by atoms with E-state index in [0.717, 1.165) is 16.7 Å². The highest BCUT2D eigenvalue weighted by molar-refractivity contribution is 5.91. The van der Waals surface area contributed by atoms with E-state index in [0.29, 0.717) is 6.54 Å². The number of fused-ring (bicyclic) bond motifs is 1. The van der Waals surface area contributed by atoms with Crippen LogP contribution < -0.4 is 11.1 Å². The summed E-state index contributed by atoms with van der Waals surface area (Å²) in [6.07, 6.45) is 0. The number of nitrogens with one attached hydrogen (secondary N) is 1. The smallest absolute Gasteiger partial charge is 0.247 e. The third kappa shape index (κ3) is 1.91. The molecule has 2 aromatic carbocycles. The third-order valence-electron chi connectivity index (χ3n) is 3.54. The van der Waals surface area contributed by atoms with Gasteiger partial charge in [0.2, 0.25) is 5.91 Å². The molecule has 0 aliphatic carbocycles. The van der Waals surface area contributed by atoms with E-state index >= 15 is 0 Å². The zero-order chi connectivity index (χ0) is 12.6. The zero-order valence-corrected chi connectivity index (χ0v) is 11.1. The van der Waals surface area contributed by atoms with Crippen molar-refractivity contribution in [3.05, 3.63) is 71.3 Å². The number of carbonyl (C=O) groups excluding carboxylic acids is 1. The van der Waals surface area contributed by atoms with E-state index in [4.69, 9.17) is 5.73 Å². The summed E-state index contributed by atoms with van der Waals surface area (Å²) in [5.41, 5.74) is 7.77. The van der Waals surface area contributed by atoms with Crippen molar-refractivity contribution in [2.75, 3.05) is 0 Å². The minimum Gasteiger partial charge on any atom is -0.367 e. The number of primary amides is 1. The highest BCUT2D eigenvalue weighted by atomic mass is 35.5. The van der Waals surface area contributed by atoms with Gasteiger partial charge in [0.15, 0.2) is 0 Å². The monoisotopic (exact) mass is 274 g/mol. The maximum absolute atomic E-state index is 12.0. The van der Waals surface area contributed by atoms with Crippen molar-refractivity contribution in [3.8, 4) is 0 Å². The maximum Gasteiger partial charge on any atom is 0.247 e. The fourth-order valence-corrected chi connectivity index (χ4v) is 2.67. The average molecular weight is 275 g/mol. The quantitative estimate of drug-likeness (QED) is 0.879. The Hall–Kier alpha value is -1.84. The van der Waals surface area contributed by atoms with Gasteiger partial charge in [-0.15, -0.1) is 12.4 Å². The molecule has 1 unspecified atom stereocenters. The Morgan fingerprint density at radius 3 is 2.37 bits per heavy atom. The van der Waals surface area contributed by atoms with Crippen LogP contribution in [0.1, 0.15) is 16.7 Å². The van der Waals surface area contributed by atoms with Gasteiger partial charge in [0.1, 0.15) is 5.54 Å². The number of benzene rings is 2. The molecule has 1 heterocycles. The van der Waals surface area contributed by atoms with Gasteiger partial charge < -0.3 is 5.73 Å². The number of halogens is 1. The first kappa shape index (κ1) is 13.6. The molecule has 4 heteroatoms. The minimum atomic E-state index is -0.891. The molecule has 0 saturated carbocycles. The maximum atomic E-state index is 12.0. The van der Waals surface area contributed by atoms with Gasteiger partial charge in [-0.05, 0) is 16.7 Å². The standard InChI is InChI=1S/C15H14N2O.ClH/c16-14(18)15(12-7-2-1-3-8-12)13-9-5-4-6-11(13)10-17-15;/h1-9,17H,10H2,(H2,16,18);1H. The number of hydrogen-bond acceptors (Lipinski definition) is 2. The zero-order valence-electron chi connectivity index (χ0n) is 10.3. The average Bonchev–Trinajstić information content (AvgIpc) is 2.80. The van der Waals surface area contributed by atoms with Gasteiger partial charge >= 0.3 is 0 Å². The summed E-state index contributed by atoms with van der Waals surface area (Å²) in [5, 5.41) is 3.28. The molecule has 0 aromatic heterocycles. The van der Waals surface area contributed by atoms with E-state index in [2.05, 4.69) is 5.32 Å². The van der Waals surface area contributed by atoms with E-state index in [1.807, 2.05) is 54.6 Å². The summed E-state index contributed by atoms with van der Waals surface area (Å²) in [4.78, 5) is 12.0. The number of carbonyl (C=O) groups is 1. The van der Waals surface area contributed by atoms with Gasteiger partial charge in [0, 0.05) is 6.54 Å². The molecule has 1 aliphatic rings. The van der Waals surface area contributed by atoms with Crippen molar-refractivity contribution in [2.24, 2.45) is 5.73 Å². The predicted molar refractivity (Wildman–Crippen MR) is 76.9 cm³/mol. The van der Waals surface area contributed by atoms with E-state index in [-0.39, 0.29) is 18.3 Å². The normalized spacial score (nSPS) is 20.4. The minimum absolute atomic E-state index is 0. The fourth-order valence-electron chi connectivity index (χ4n) is 2.67. The molecule has 1 atom stereocenters. The molecule has 1 amide bonds. The van der Waals surface area contributed by atoms with Gasteiger partial charge in [-0.2, -0.15) is 0 Å². The molecule has 0 saturated heterocycles. The second kappa shape index (κ2) is 5.03. The molecule has 3 N–H and O–H groups in total. The number of hydrogen-bond donors (Lipinski definition) is 2. The first-order valence-electron chi connectivity index (χ1n) is 5.94. The predicted octanol–water partition coefficient (Wildman–Crippen LogP) is 1.94. The molecular weight excluding hydrogens is 260 g/mol. The number of amides is 1. The lowest BCUT2D eigenvalue weighted by Crippen LogP contribution is -2.49. The lowest BCUT2D eigenvalue weighted by Gasteiger charge is -2.27. The Kier molecular flexibility index (Phi) is 3.60. The number of rotatable bonds is 2. The van der Waals surface area contributed by atoms with E-state index < -0.39 is 5.54 Å². The Morgan fingerprint density at radius 1 is 1.05 bits per heavy atom. The number of nitrogens with two attached hydrogens (primary N) is 1. The summed E-state index contributed by atoms with van der Waals surface area (Å²) in [7, 11) is 0. The van der Waals surface area contributed by atoms with E-state index in [1.165, 1.54) is 0 Å². The van der Waals surface area contributed by atoms with Crippen LogP contribution >= 0.6 is 12.4 Å². The highest BCUT2D eigenvalue weighted by Gasteiger charge is 2.45. The van der Waals surface area contributed by atoms with Gasteiger partial charge in [0.25, 0.3) is 0 Å². The lowest BCUT2D eigenvalue weighted by atomic mass is 9.83. The van der Waals surface area contributed by atoms with Crippen LogP contribution in [-0.2, 0) is 16.9 Å². The Morgan fingerprint density at radius 2 is 1.68 bits per heavy atom. The van der Waals surface area contributed by atoms with E-state index in [9.17, 15) is 4.79 Å². The van der Waals surface area contributed by atoms with Crippen LogP contribution in [0.4, 0.5) is 0 Å². The topological polar surface area (TPSA) is 55.1 Å². The van der Waals surface area contributed by atoms with Crippen molar-refractivity contribution < 1.29 is 4.79 Å². The molecular formula is C15H15ClN2O. The van der Waals surface area contributed by atoms with Crippen molar-refractivity contribution in [2.45, 2.75) is 12.1 Å². The summed E-state index contributed by atoms with van der Waals surface area (Å²) in [5.74, 6) is -0.362. The van der Waals surface area contributed by atoms with Crippen molar-refractivity contribution in [1.82, 2.24) is 5.32 Å². The first-order valence-corrected chi connectivity index (χ1v) is 5.94. The summed E-state index contributed by atoms with van der Waals surface area (Å²) in [6.45, 7) is 0.661. The van der Waals surface area contributed by atoms with Crippen LogP contribution in [-0.4, -0.2) is 5.91 Å². The first-order chi connectivity index (χ1) is 8.75. The van der Waals surface area contributed by atoms with Gasteiger partial charge in [0.05, 0.1) is 0 Å². The molecule has 0 bridgehead atoms. The molecule has 3 rings (SSSR count). The van der Waals surface area contributed by atoms with Gasteiger partial charge in [-0.25, -0.2) is 0 Å².